The number of fused-ring (bicyclic) bond motifs is 2. The second kappa shape index (κ2) is 9.41. The zero-order chi connectivity index (χ0) is 28.2. The van der Waals surface area contributed by atoms with E-state index in [2.05, 4.69) is 43.6 Å². The van der Waals surface area contributed by atoms with Gasteiger partial charge in [-0.15, -0.1) is 0 Å². The molecule has 0 saturated carbocycles. The fraction of sp³-hybridized carbons (Fsp3) is 0.156. The van der Waals surface area contributed by atoms with Crippen LogP contribution in [-0.4, -0.2) is 35.6 Å². The highest BCUT2D eigenvalue weighted by atomic mass is 16.2. The van der Waals surface area contributed by atoms with E-state index >= 15 is 0 Å². The first-order chi connectivity index (χ1) is 19.9. The van der Waals surface area contributed by atoms with E-state index in [1.807, 2.05) is 87.8 Å². The number of hydrogen-bond acceptors (Lipinski definition) is 6. The van der Waals surface area contributed by atoms with Crippen molar-refractivity contribution in [2.24, 2.45) is 7.05 Å². The van der Waals surface area contributed by atoms with Crippen LogP contribution >= 0.6 is 0 Å². The lowest BCUT2D eigenvalue weighted by Crippen LogP contribution is -2.23. The molecule has 0 radical (unpaired) electrons. The molecule has 5 heterocycles. The summed E-state index contributed by atoms with van der Waals surface area (Å²) in [7, 11) is 1.90. The van der Waals surface area contributed by atoms with Gasteiger partial charge in [0.2, 0.25) is 5.95 Å². The summed E-state index contributed by atoms with van der Waals surface area (Å²) < 4.78 is 1.80. The summed E-state index contributed by atoms with van der Waals surface area (Å²) in [5.41, 5.74) is 10.3. The zero-order valence-corrected chi connectivity index (χ0v) is 23.2. The van der Waals surface area contributed by atoms with E-state index in [4.69, 9.17) is 4.98 Å². The molecule has 0 aliphatic carbocycles. The predicted octanol–water partition coefficient (Wildman–Crippen LogP) is 6.25. The third-order valence-electron chi connectivity index (χ3n) is 7.72. The van der Waals surface area contributed by atoms with Crippen molar-refractivity contribution in [3.8, 4) is 22.4 Å². The molecule has 0 atom stereocenters. The minimum atomic E-state index is -0.0125. The number of aromatic nitrogens is 6. The van der Waals surface area contributed by atoms with Crippen LogP contribution in [0.5, 0.6) is 0 Å². The van der Waals surface area contributed by atoms with Crippen molar-refractivity contribution in [1.29, 1.82) is 0 Å². The summed E-state index contributed by atoms with van der Waals surface area (Å²) in [6.07, 6.45) is 7.46. The maximum Gasteiger partial charge on any atom is 0.259 e. The van der Waals surface area contributed by atoms with Crippen molar-refractivity contribution in [3.63, 3.8) is 0 Å². The molecule has 202 valence electrons. The number of carbonyl (C=O) groups excluding carboxylic acids is 1. The maximum absolute atomic E-state index is 13.7. The number of nitrogens with zero attached hydrogens (tertiary/aromatic N) is 6. The molecule has 1 amide bonds. The van der Waals surface area contributed by atoms with Gasteiger partial charge >= 0.3 is 0 Å². The number of anilines is 3. The number of rotatable bonds is 5. The fourth-order valence-electron chi connectivity index (χ4n) is 5.57. The normalized spacial score (nSPS) is 12.8. The first-order valence-corrected chi connectivity index (χ1v) is 13.4. The molecule has 1 aliphatic rings. The Morgan fingerprint density at radius 1 is 0.951 bits per heavy atom. The van der Waals surface area contributed by atoms with Gasteiger partial charge in [-0.2, -0.15) is 5.10 Å². The fourth-order valence-corrected chi connectivity index (χ4v) is 5.57. The summed E-state index contributed by atoms with van der Waals surface area (Å²) in [6.45, 7) is 6.50. The van der Waals surface area contributed by atoms with Crippen LogP contribution in [0.1, 0.15) is 32.7 Å². The minimum absolute atomic E-state index is 0.0125. The molecule has 0 saturated heterocycles. The lowest BCUT2D eigenvalue weighted by atomic mass is 9.97. The Hall–Kier alpha value is -5.31. The monoisotopic (exact) mass is 540 g/mol. The average Bonchev–Trinajstić information content (AvgIpc) is 3.64. The summed E-state index contributed by atoms with van der Waals surface area (Å²) in [5.74, 6) is 1.15. The van der Waals surface area contributed by atoms with Crippen LogP contribution in [-0.2, 0) is 13.6 Å². The van der Waals surface area contributed by atoms with Crippen molar-refractivity contribution < 1.29 is 4.79 Å². The molecule has 6 aromatic rings. The standard InChI is InChI=1S/C32H28N8O/c1-18-11-21(15-33-13-18)22-7-5-9-24-26(22)17-40(31(24)41)27-10-6-8-23-25(16-34-30(23)27)29-19(2)14-35-32(37-29)36-28-12-20(3)39(4)38-28/h5-16,34H,17H2,1-4H3,(H,35,36,37,38). The molecular formula is C32H28N8O. The number of hydrogen-bond donors (Lipinski definition) is 2. The molecule has 4 aromatic heterocycles. The van der Waals surface area contributed by atoms with Crippen LogP contribution in [0.25, 0.3) is 33.3 Å². The van der Waals surface area contributed by atoms with E-state index in [1.54, 1.807) is 4.68 Å². The second-order valence-corrected chi connectivity index (χ2v) is 10.5. The van der Waals surface area contributed by atoms with Gasteiger partial charge in [0, 0.05) is 65.7 Å². The Labute approximate surface area is 236 Å². The van der Waals surface area contributed by atoms with Crippen molar-refractivity contribution in [3.05, 3.63) is 101 Å². The van der Waals surface area contributed by atoms with Crippen LogP contribution in [0.15, 0.2) is 73.3 Å². The first kappa shape index (κ1) is 24.7. The number of aromatic amines is 1. The van der Waals surface area contributed by atoms with Crippen molar-refractivity contribution >= 4 is 34.3 Å². The molecule has 0 spiro atoms. The highest BCUT2D eigenvalue weighted by Gasteiger charge is 2.32. The number of aryl methyl sites for hydroxylation is 4. The van der Waals surface area contributed by atoms with Gasteiger partial charge in [-0.1, -0.05) is 24.3 Å². The van der Waals surface area contributed by atoms with Crippen LogP contribution in [0, 0.1) is 20.8 Å². The van der Waals surface area contributed by atoms with Crippen LogP contribution in [0.2, 0.25) is 0 Å². The van der Waals surface area contributed by atoms with Gasteiger partial charge in [-0.3, -0.25) is 14.5 Å². The van der Waals surface area contributed by atoms with Gasteiger partial charge in [-0.05, 0) is 61.2 Å². The number of carbonyl (C=O) groups is 1. The molecule has 7 rings (SSSR count). The molecule has 41 heavy (non-hydrogen) atoms. The predicted molar refractivity (Wildman–Crippen MR) is 160 cm³/mol. The lowest BCUT2D eigenvalue weighted by molar-refractivity contribution is 0.0997. The van der Waals surface area contributed by atoms with Gasteiger partial charge in [0.15, 0.2) is 5.82 Å². The first-order valence-electron chi connectivity index (χ1n) is 13.4. The van der Waals surface area contributed by atoms with Crippen molar-refractivity contribution in [2.45, 2.75) is 27.3 Å². The molecule has 1 aliphatic heterocycles. The number of amides is 1. The van der Waals surface area contributed by atoms with E-state index in [0.29, 0.717) is 18.3 Å². The molecular weight excluding hydrogens is 512 g/mol. The van der Waals surface area contributed by atoms with Gasteiger partial charge < -0.3 is 15.2 Å². The van der Waals surface area contributed by atoms with E-state index in [-0.39, 0.29) is 5.91 Å². The second-order valence-electron chi connectivity index (χ2n) is 10.5. The van der Waals surface area contributed by atoms with E-state index in [0.717, 1.165) is 66.9 Å². The van der Waals surface area contributed by atoms with Gasteiger partial charge in [0.05, 0.1) is 23.4 Å². The number of benzene rings is 2. The molecule has 0 bridgehead atoms. The Morgan fingerprint density at radius 3 is 2.59 bits per heavy atom. The number of H-pyrrole nitrogens is 1. The summed E-state index contributed by atoms with van der Waals surface area (Å²) >= 11 is 0. The third-order valence-corrected chi connectivity index (χ3v) is 7.72. The number of para-hydroxylation sites is 1. The quantitative estimate of drug-likeness (QED) is 0.268. The maximum atomic E-state index is 13.7. The lowest BCUT2D eigenvalue weighted by Gasteiger charge is -2.17. The highest BCUT2D eigenvalue weighted by molar-refractivity contribution is 6.15. The van der Waals surface area contributed by atoms with E-state index in [1.165, 1.54) is 0 Å². The Bertz CT molecular complexity index is 1970. The van der Waals surface area contributed by atoms with Gasteiger partial charge in [0.1, 0.15) is 0 Å². The molecule has 0 fully saturated rings. The van der Waals surface area contributed by atoms with Gasteiger partial charge in [0.25, 0.3) is 5.91 Å². The Morgan fingerprint density at radius 2 is 1.78 bits per heavy atom. The van der Waals surface area contributed by atoms with Crippen LogP contribution in [0.4, 0.5) is 17.5 Å². The molecule has 0 unspecified atom stereocenters. The topological polar surface area (TPSA) is 105 Å². The van der Waals surface area contributed by atoms with Crippen molar-refractivity contribution in [2.75, 3.05) is 10.2 Å². The Kier molecular flexibility index (Phi) is 5.67. The van der Waals surface area contributed by atoms with E-state index < -0.39 is 0 Å². The van der Waals surface area contributed by atoms with Crippen LogP contribution in [0.3, 0.4) is 0 Å². The average molecular weight is 541 g/mol. The van der Waals surface area contributed by atoms with Gasteiger partial charge in [-0.25, -0.2) is 9.97 Å². The highest BCUT2D eigenvalue weighted by Crippen LogP contribution is 2.40. The van der Waals surface area contributed by atoms with E-state index in [9.17, 15) is 4.79 Å². The zero-order valence-electron chi connectivity index (χ0n) is 23.2. The smallest absolute Gasteiger partial charge is 0.259 e. The Balaban J connectivity index is 1.26. The summed E-state index contributed by atoms with van der Waals surface area (Å²) in [6, 6.07) is 16.0. The van der Waals surface area contributed by atoms with Crippen molar-refractivity contribution in [1.82, 2.24) is 29.7 Å². The number of nitrogens with one attached hydrogen (secondary N) is 2. The number of pyridine rings is 1. The third kappa shape index (κ3) is 4.13. The summed E-state index contributed by atoms with van der Waals surface area (Å²) in [5, 5.41) is 8.66. The summed E-state index contributed by atoms with van der Waals surface area (Å²) in [4.78, 5) is 32.7. The van der Waals surface area contributed by atoms with Crippen LogP contribution < -0.4 is 10.2 Å². The molecule has 2 N–H and O–H groups in total. The molecule has 9 heteroatoms. The molecule has 2 aromatic carbocycles. The minimum Gasteiger partial charge on any atom is -0.359 e. The molecule has 9 nitrogen and oxygen atoms in total. The largest absolute Gasteiger partial charge is 0.359 e. The SMILES string of the molecule is Cc1cncc(-c2cccc3c2CN(c2cccc4c(-c5nc(Nc6cc(C)n(C)n6)ncc5C)c[nH]c24)C3=O)c1.